The highest BCUT2D eigenvalue weighted by atomic mass is 35.5. The van der Waals surface area contributed by atoms with Crippen molar-refractivity contribution in [2.75, 3.05) is 10.8 Å². The minimum atomic E-state index is -3.92. The third kappa shape index (κ3) is 3.95. The van der Waals surface area contributed by atoms with Gasteiger partial charge in [-0.15, -0.1) is 11.3 Å². The number of thiazole rings is 1. The second-order valence-electron chi connectivity index (χ2n) is 6.76. The molecule has 0 N–H and O–H groups in total. The third-order valence-electron chi connectivity index (χ3n) is 4.83. The van der Waals surface area contributed by atoms with Crippen LogP contribution in [0.3, 0.4) is 0 Å². The molecule has 1 aliphatic rings. The minimum absolute atomic E-state index is 0.0273. The van der Waals surface area contributed by atoms with E-state index in [9.17, 15) is 13.2 Å². The van der Waals surface area contributed by atoms with E-state index in [1.807, 2.05) is 24.4 Å². The monoisotopic (exact) mass is 462 g/mol. The third-order valence-corrected chi connectivity index (χ3v) is 8.17. The van der Waals surface area contributed by atoms with Crippen molar-refractivity contribution in [3.8, 4) is 0 Å². The minimum Gasteiger partial charge on any atom is -0.456 e. The van der Waals surface area contributed by atoms with Crippen LogP contribution in [0.4, 0.5) is 5.69 Å². The molecular formula is C21H19ClN2O4S2. The number of rotatable bonds is 6. The first-order valence-electron chi connectivity index (χ1n) is 9.40. The smallest absolute Gasteiger partial charge is 0.338 e. The average molecular weight is 463 g/mol. The van der Waals surface area contributed by atoms with E-state index in [2.05, 4.69) is 4.98 Å². The van der Waals surface area contributed by atoms with Crippen molar-refractivity contribution in [1.29, 1.82) is 0 Å². The largest absolute Gasteiger partial charge is 0.456 e. The Bertz CT molecular complexity index is 1210. The Hall–Kier alpha value is -2.42. The Kier molecular flexibility index (Phi) is 5.81. The summed E-state index contributed by atoms with van der Waals surface area (Å²) >= 11 is 7.72. The molecule has 2 heterocycles. The van der Waals surface area contributed by atoms with Gasteiger partial charge in [0, 0.05) is 11.9 Å². The second-order valence-corrected chi connectivity index (χ2v) is 9.94. The van der Waals surface area contributed by atoms with Crippen LogP contribution < -0.4 is 4.31 Å². The summed E-state index contributed by atoms with van der Waals surface area (Å²) in [5.41, 5.74) is 2.39. The van der Waals surface area contributed by atoms with Gasteiger partial charge in [0.2, 0.25) is 0 Å². The van der Waals surface area contributed by atoms with Crippen molar-refractivity contribution in [1.82, 2.24) is 4.98 Å². The van der Waals surface area contributed by atoms with Gasteiger partial charge in [0.15, 0.2) is 0 Å². The molecule has 0 amide bonds. The summed E-state index contributed by atoms with van der Waals surface area (Å²) in [5.74, 6) is -0.629. The molecular weight excluding hydrogens is 444 g/mol. The van der Waals surface area contributed by atoms with E-state index in [0.29, 0.717) is 24.3 Å². The van der Waals surface area contributed by atoms with Gasteiger partial charge in [0.05, 0.1) is 27.0 Å². The number of halogens is 1. The second kappa shape index (κ2) is 8.37. The van der Waals surface area contributed by atoms with Gasteiger partial charge < -0.3 is 4.74 Å². The first kappa shape index (κ1) is 20.8. The maximum atomic E-state index is 13.3. The van der Waals surface area contributed by atoms with Crippen LogP contribution in [-0.2, 0) is 34.2 Å². The molecule has 1 aliphatic heterocycles. The number of anilines is 1. The molecule has 0 saturated heterocycles. The van der Waals surface area contributed by atoms with E-state index in [-0.39, 0.29) is 22.1 Å². The van der Waals surface area contributed by atoms with Gasteiger partial charge in [-0.1, -0.05) is 36.7 Å². The molecule has 30 heavy (non-hydrogen) atoms. The van der Waals surface area contributed by atoms with Crippen LogP contribution in [0.5, 0.6) is 0 Å². The van der Waals surface area contributed by atoms with Crippen LogP contribution in [0.1, 0.15) is 33.5 Å². The van der Waals surface area contributed by atoms with Gasteiger partial charge in [0.1, 0.15) is 11.5 Å². The van der Waals surface area contributed by atoms with Gasteiger partial charge in [-0.25, -0.2) is 18.2 Å². The molecule has 0 atom stereocenters. The molecule has 0 unspecified atom stereocenters. The fraction of sp³-hybridized carbons (Fsp3) is 0.238. The number of ether oxygens (including phenoxy) is 1. The Balaban J connectivity index is 1.58. The molecule has 0 spiro atoms. The number of aromatic nitrogens is 1. The molecule has 0 fully saturated rings. The number of benzene rings is 2. The topological polar surface area (TPSA) is 76.6 Å². The van der Waals surface area contributed by atoms with E-state index >= 15 is 0 Å². The Morgan fingerprint density at radius 3 is 2.83 bits per heavy atom. The first-order valence-corrected chi connectivity index (χ1v) is 12.1. The maximum absolute atomic E-state index is 13.3. The van der Waals surface area contributed by atoms with Crippen LogP contribution in [0.25, 0.3) is 0 Å². The zero-order chi connectivity index (χ0) is 21.3. The summed E-state index contributed by atoms with van der Waals surface area (Å²) in [5, 5.41) is 2.86. The van der Waals surface area contributed by atoms with Crippen LogP contribution in [0.15, 0.2) is 52.7 Å². The van der Waals surface area contributed by atoms with Gasteiger partial charge in [0.25, 0.3) is 10.0 Å². The SMILES string of the molecule is CCc1nc(COC(=O)c2ccc(Cl)c(S(=O)(=O)N3CCc4ccccc43)c2)cs1. The summed E-state index contributed by atoms with van der Waals surface area (Å²) in [4.78, 5) is 16.7. The number of fused-ring (bicyclic) bond motifs is 1. The van der Waals surface area contributed by atoms with Gasteiger partial charge >= 0.3 is 5.97 Å². The Morgan fingerprint density at radius 1 is 1.27 bits per heavy atom. The molecule has 0 aliphatic carbocycles. The quantitative estimate of drug-likeness (QED) is 0.505. The zero-order valence-corrected chi connectivity index (χ0v) is 18.6. The van der Waals surface area contributed by atoms with E-state index < -0.39 is 16.0 Å². The number of carbonyl (C=O) groups excluding carboxylic acids is 1. The molecule has 4 rings (SSSR count). The lowest BCUT2D eigenvalue weighted by atomic mass is 10.2. The number of para-hydroxylation sites is 1. The normalized spacial score (nSPS) is 13.3. The molecule has 3 aromatic rings. The number of hydrogen-bond acceptors (Lipinski definition) is 6. The van der Waals surface area contributed by atoms with Crippen molar-refractivity contribution in [3.05, 3.63) is 74.7 Å². The molecule has 6 nitrogen and oxygen atoms in total. The van der Waals surface area contributed by atoms with Crippen molar-refractivity contribution in [2.45, 2.75) is 31.3 Å². The fourth-order valence-corrected chi connectivity index (χ4v) is 6.04. The predicted molar refractivity (Wildman–Crippen MR) is 117 cm³/mol. The maximum Gasteiger partial charge on any atom is 0.338 e. The summed E-state index contributed by atoms with van der Waals surface area (Å²) < 4.78 is 33.2. The highest BCUT2D eigenvalue weighted by Gasteiger charge is 2.32. The number of carbonyl (C=O) groups is 1. The molecule has 0 bridgehead atoms. The van der Waals surface area contributed by atoms with Crippen LogP contribution in [0, 0.1) is 0 Å². The molecule has 156 valence electrons. The first-order chi connectivity index (χ1) is 14.4. The standard InChI is InChI=1S/C21H19ClN2O4S2/c1-2-20-23-16(13-29-20)12-28-21(25)15-7-8-17(22)19(11-15)30(26,27)24-10-9-14-5-3-4-6-18(14)24/h3-8,11,13H,2,9-10,12H2,1H3. The number of sulfonamides is 1. The molecule has 1 aromatic heterocycles. The highest BCUT2D eigenvalue weighted by molar-refractivity contribution is 7.93. The lowest BCUT2D eigenvalue weighted by Gasteiger charge is -2.20. The molecule has 0 saturated carbocycles. The summed E-state index contributed by atoms with van der Waals surface area (Å²) in [6.07, 6.45) is 1.44. The lowest BCUT2D eigenvalue weighted by molar-refractivity contribution is 0.0468. The summed E-state index contributed by atoms with van der Waals surface area (Å²) in [6.45, 7) is 2.36. The van der Waals surface area contributed by atoms with Crippen LogP contribution in [-0.4, -0.2) is 25.9 Å². The average Bonchev–Trinajstić information content (AvgIpc) is 3.39. The van der Waals surface area contributed by atoms with Crippen molar-refractivity contribution in [3.63, 3.8) is 0 Å². The van der Waals surface area contributed by atoms with Gasteiger partial charge in [-0.2, -0.15) is 0 Å². The molecule has 9 heteroatoms. The predicted octanol–water partition coefficient (Wildman–Crippen LogP) is 4.47. The number of nitrogens with zero attached hydrogens (tertiary/aromatic N) is 2. The fourth-order valence-electron chi connectivity index (χ4n) is 3.30. The van der Waals surface area contributed by atoms with E-state index in [1.54, 1.807) is 12.1 Å². The summed E-state index contributed by atoms with van der Waals surface area (Å²) in [7, 11) is -3.92. The van der Waals surface area contributed by atoms with Gasteiger partial charge in [-0.3, -0.25) is 4.31 Å². The van der Waals surface area contributed by atoms with Crippen molar-refractivity contribution in [2.24, 2.45) is 0 Å². The summed E-state index contributed by atoms with van der Waals surface area (Å²) in [6, 6.07) is 11.5. The number of aryl methyl sites for hydroxylation is 1. The number of esters is 1. The van der Waals surface area contributed by atoms with E-state index in [4.69, 9.17) is 16.3 Å². The van der Waals surface area contributed by atoms with Crippen molar-refractivity contribution < 1.29 is 17.9 Å². The van der Waals surface area contributed by atoms with E-state index in [1.165, 1.54) is 33.8 Å². The zero-order valence-electron chi connectivity index (χ0n) is 16.2. The lowest BCUT2D eigenvalue weighted by Crippen LogP contribution is -2.29. The van der Waals surface area contributed by atoms with Crippen molar-refractivity contribution >= 4 is 44.6 Å². The Labute approximate surface area is 184 Å². The van der Waals surface area contributed by atoms with Gasteiger partial charge in [-0.05, 0) is 42.7 Å². The molecule has 0 radical (unpaired) electrons. The van der Waals surface area contributed by atoms with Crippen LogP contribution in [0.2, 0.25) is 5.02 Å². The van der Waals surface area contributed by atoms with E-state index in [0.717, 1.165) is 17.0 Å². The number of hydrogen-bond donors (Lipinski definition) is 0. The highest BCUT2D eigenvalue weighted by Crippen LogP contribution is 2.35. The molecule has 2 aromatic carbocycles. The Morgan fingerprint density at radius 2 is 2.07 bits per heavy atom. The van der Waals surface area contributed by atoms with Crippen LogP contribution >= 0.6 is 22.9 Å².